The third-order valence-corrected chi connectivity index (χ3v) is 3.83. The Bertz CT molecular complexity index is 805. The lowest BCUT2D eigenvalue weighted by Crippen LogP contribution is -2.36. The van der Waals surface area contributed by atoms with E-state index in [-0.39, 0.29) is 29.7 Å². The van der Waals surface area contributed by atoms with E-state index in [0.29, 0.717) is 38.1 Å². The van der Waals surface area contributed by atoms with Crippen LogP contribution in [0.5, 0.6) is 11.6 Å². The third-order valence-electron chi connectivity index (χ3n) is 3.83. The summed E-state index contributed by atoms with van der Waals surface area (Å²) in [7, 11) is 3.24. The molecule has 0 saturated heterocycles. The van der Waals surface area contributed by atoms with Crippen LogP contribution >= 0.6 is 24.0 Å². The van der Waals surface area contributed by atoms with E-state index in [9.17, 15) is 13.2 Å². The van der Waals surface area contributed by atoms with Gasteiger partial charge < -0.3 is 24.8 Å². The van der Waals surface area contributed by atoms with Gasteiger partial charge in [-0.3, -0.25) is 4.99 Å². The van der Waals surface area contributed by atoms with E-state index in [1.165, 1.54) is 12.1 Å². The first-order valence-electron chi connectivity index (χ1n) is 9.20. The van der Waals surface area contributed by atoms with Gasteiger partial charge in [0.25, 0.3) is 0 Å². The van der Waals surface area contributed by atoms with Gasteiger partial charge in [0.1, 0.15) is 12.4 Å². The summed E-state index contributed by atoms with van der Waals surface area (Å²) in [6.45, 7) is 0.430. The van der Waals surface area contributed by atoms with Crippen LogP contribution in [0.15, 0.2) is 47.6 Å². The van der Waals surface area contributed by atoms with Crippen LogP contribution in [0.4, 0.5) is 13.2 Å². The predicted octanol–water partition coefficient (Wildman–Crippen LogP) is 3.53. The number of rotatable bonds is 10. The van der Waals surface area contributed by atoms with E-state index in [2.05, 4.69) is 20.6 Å². The van der Waals surface area contributed by atoms with Crippen molar-refractivity contribution in [1.82, 2.24) is 15.6 Å². The molecule has 0 aliphatic heterocycles. The maximum Gasteiger partial charge on any atom is 0.422 e. The molecule has 2 N–H and O–H groups in total. The summed E-state index contributed by atoms with van der Waals surface area (Å²) in [4.78, 5) is 8.39. The van der Waals surface area contributed by atoms with E-state index < -0.39 is 12.8 Å². The lowest BCUT2D eigenvalue weighted by molar-refractivity contribution is -0.153. The average Bonchev–Trinajstić information content (AvgIpc) is 2.73. The highest BCUT2D eigenvalue weighted by Crippen LogP contribution is 2.19. The van der Waals surface area contributed by atoms with Crippen molar-refractivity contribution in [2.75, 3.05) is 34.0 Å². The Balaban J connectivity index is 0.00000480. The molecule has 0 fully saturated rings. The largest absolute Gasteiger partial charge is 0.484 e. The first kappa shape index (κ1) is 26.8. The van der Waals surface area contributed by atoms with Crippen LogP contribution in [0, 0.1) is 0 Å². The monoisotopic (exact) mass is 554 g/mol. The number of hydrogen-bond donors (Lipinski definition) is 2. The van der Waals surface area contributed by atoms with Gasteiger partial charge in [0.15, 0.2) is 12.6 Å². The molecule has 0 atom stereocenters. The fraction of sp³-hybridized carbons (Fsp3) is 0.400. The van der Waals surface area contributed by atoms with E-state index >= 15 is 0 Å². The standard InChI is InChI=1S/C20H25F3N4O3.HI/c1-24-19(27-13-16-4-3-9-25-18(16)29-11-10-28-2)26-12-15-5-7-17(8-6-15)30-14-20(21,22)23;/h3-9H,10-14H2,1-2H3,(H2,24,26,27);1H. The SMILES string of the molecule is CN=C(NCc1ccc(OCC(F)(F)F)cc1)NCc1cccnc1OCCOC.I. The van der Waals surface area contributed by atoms with Crippen LogP contribution in [0.3, 0.4) is 0 Å². The van der Waals surface area contributed by atoms with Crippen molar-refractivity contribution in [3.8, 4) is 11.6 Å². The van der Waals surface area contributed by atoms with Crippen LogP contribution in [-0.4, -0.2) is 51.1 Å². The molecule has 1 heterocycles. The molecule has 0 saturated carbocycles. The fourth-order valence-corrected chi connectivity index (χ4v) is 2.36. The van der Waals surface area contributed by atoms with Gasteiger partial charge in [-0.1, -0.05) is 18.2 Å². The molecule has 1 aromatic carbocycles. The van der Waals surface area contributed by atoms with Crippen LogP contribution in [0.2, 0.25) is 0 Å². The lowest BCUT2D eigenvalue weighted by Gasteiger charge is -2.14. The molecular formula is C20H26F3IN4O3. The molecule has 0 bridgehead atoms. The summed E-state index contributed by atoms with van der Waals surface area (Å²) < 4.78 is 51.9. The van der Waals surface area contributed by atoms with E-state index in [0.717, 1.165) is 11.1 Å². The van der Waals surface area contributed by atoms with Gasteiger partial charge in [-0.25, -0.2) is 4.98 Å². The number of nitrogens with one attached hydrogen (secondary N) is 2. The molecule has 0 spiro atoms. The number of guanidine groups is 1. The Hall–Kier alpha value is -2.28. The maximum atomic E-state index is 12.2. The number of alkyl halides is 3. The van der Waals surface area contributed by atoms with Crippen molar-refractivity contribution < 1.29 is 27.4 Å². The molecule has 31 heavy (non-hydrogen) atoms. The molecule has 1 aromatic heterocycles. The minimum atomic E-state index is -4.36. The molecule has 2 rings (SSSR count). The van der Waals surface area contributed by atoms with E-state index in [1.807, 2.05) is 12.1 Å². The minimum absolute atomic E-state index is 0. The van der Waals surface area contributed by atoms with Gasteiger partial charge in [-0.05, 0) is 23.8 Å². The number of hydrogen-bond acceptors (Lipinski definition) is 5. The third kappa shape index (κ3) is 10.5. The van der Waals surface area contributed by atoms with Gasteiger partial charge in [-0.2, -0.15) is 13.2 Å². The number of aromatic nitrogens is 1. The van der Waals surface area contributed by atoms with Gasteiger partial charge in [0, 0.05) is 39.0 Å². The maximum absolute atomic E-state index is 12.2. The van der Waals surface area contributed by atoms with Gasteiger partial charge in [0.2, 0.25) is 5.88 Å². The minimum Gasteiger partial charge on any atom is -0.484 e. The highest BCUT2D eigenvalue weighted by Gasteiger charge is 2.28. The molecule has 172 valence electrons. The van der Waals surface area contributed by atoms with Crippen molar-refractivity contribution in [2.45, 2.75) is 19.3 Å². The van der Waals surface area contributed by atoms with Crippen LogP contribution < -0.4 is 20.1 Å². The second-order valence-corrected chi connectivity index (χ2v) is 6.14. The van der Waals surface area contributed by atoms with E-state index in [1.54, 1.807) is 32.5 Å². The zero-order chi connectivity index (χ0) is 21.8. The summed E-state index contributed by atoms with van der Waals surface area (Å²) in [6, 6.07) is 10.1. The molecule has 0 aliphatic rings. The van der Waals surface area contributed by atoms with Crippen molar-refractivity contribution in [2.24, 2.45) is 4.99 Å². The van der Waals surface area contributed by atoms with Crippen molar-refractivity contribution in [1.29, 1.82) is 0 Å². The van der Waals surface area contributed by atoms with Gasteiger partial charge >= 0.3 is 6.18 Å². The molecule has 0 amide bonds. The topological polar surface area (TPSA) is 77.0 Å². The molecule has 0 aliphatic carbocycles. The van der Waals surface area contributed by atoms with E-state index in [4.69, 9.17) is 14.2 Å². The Labute approximate surface area is 196 Å². The Morgan fingerprint density at radius 1 is 1.03 bits per heavy atom. The number of benzene rings is 1. The predicted molar refractivity (Wildman–Crippen MR) is 122 cm³/mol. The van der Waals surface area contributed by atoms with Crippen molar-refractivity contribution in [3.05, 3.63) is 53.7 Å². The number of ether oxygens (including phenoxy) is 3. The number of methoxy groups -OCH3 is 1. The fourth-order valence-electron chi connectivity index (χ4n) is 2.36. The van der Waals surface area contributed by atoms with Gasteiger partial charge in [0.05, 0.1) is 6.61 Å². The zero-order valence-corrected chi connectivity index (χ0v) is 19.6. The Morgan fingerprint density at radius 3 is 2.39 bits per heavy atom. The summed E-state index contributed by atoms with van der Waals surface area (Å²) in [5.74, 6) is 1.24. The quantitative estimate of drug-likeness (QED) is 0.203. The normalized spacial score (nSPS) is 11.5. The summed E-state index contributed by atoms with van der Waals surface area (Å²) in [5.41, 5.74) is 1.73. The number of aliphatic imine (C=N–C) groups is 1. The molecule has 7 nitrogen and oxygen atoms in total. The van der Waals surface area contributed by atoms with Crippen LogP contribution in [-0.2, 0) is 17.8 Å². The van der Waals surface area contributed by atoms with Gasteiger partial charge in [-0.15, -0.1) is 24.0 Å². The first-order chi connectivity index (χ1) is 14.4. The smallest absolute Gasteiger partial charge is 0.422 e. The summed E-state index contributed by atoms with van der Waals surface area (Å²) in [6.07, 6.45) is -2.71. The number of halogens is 4. The zero-order valence-electron chi connectivity index (χ0n) is 17.2. The first-order valence-corrected chi connectivity index (χ1v) is 9.20. The number of pyridine rings is 1. The number of nitrogens with zero attached hydrogens (tertiary/aromatic N) is 2. The molecular weight excluding hydrogens is 528 g/mol. The lowest BCUT2D eigenvalue weighted by atomic mass is 10.2. The summed E-state index contributed by atoms with van der Waals surface area (Å²) in [5, 5.41) is 6.31. The average molecular weight is 554 g/mol. The Kier molecular flexibility index (Phi) is 12.0. The summed E-state index contributed by atoms with van der Waals surface area (Å²) >= 11 is 0. The highest BCUT2D eigenvalue weighted by atomic mass is 127. The molecule has 0 unspecified atom stereocenters. The van der Waals surface area contributed by atoms with Crippen molar-refractivity contribution in [3.63, 3.8) is 0 Å². The van der Waals surface area contributed by atoms with Crippen LogP contribution in [0.1, 0.15) is 11.1 Å². The second kappa shape index (κ2) is 13.9. The molecule has 0 radical (unpaired) electrons. The Morgan fingerprint density at radius 2 is 1.74 bits per heavy atom. The van der Waals surface area contributed by atoms with Crippen LogP contribution in [0.25, 0.3) is 0 Å². The van der Waals surface area contributed by atoms with Crippen molar-refractivity contribution >= 4 is 29.9 Å². The molecule has 11 heteroatoms. The second-order valence-electron chi connectivity index (χ2n) is 6.14. The molecule has 2 aromatic rings. The highest BCUT2D eigenvalue weighted by molar-refractivity contribution is 14.0.